The van der Waals surface area contributed by atoms with Crippen molar-refractivity contribution in [3.05, 3.63) is 42.1 Å². The Morgan fingerprint density at radius 1 is 1.37 bits per heavy atom. The third kappa shape index (κ3) is 3.29. The molecule has 0 aliphatic rings. The van der Waals surface area contributed by atoms with Crippen LogP contribution in [0, 0.1) is 5.41 Å². The molecule has 100 valence electrons. The van der Waals surface area contributed by atoms with Gasteiger partial charge in [-0.2, -0.15) is 0 Å². The van der Waals surface area contributed by atoms with E-state index in [1.54, 1.807) is 12.3 Å². The number of nitrogens with two attached hydrogens (primary N) is 1. The number of rotatable bonds is 4. The summed E-state index contributed by atoms with van der Waals surface area (Å²) < 4.78 is 0. The van der Waals surface area contributed by atoms with Crippen molar-refractivity contribution in [2.24, 2.45) is 11.1 Å². The van der Waals surface area contributed by atoms with Crippen LogP contribution in [-0.4, -0.2) is 24.0 Å². The summed E-state index contributed by atoms with van der Waals surface area (Å²) in [6.07, 6.45) is 1.74. The molecule has 0 saturated carbocycles. The number of benzene rings is 1. The van der Waals surface area contributed by atoms with E-state index in [4.69, 9.17) is 5.73 Å². The van der Waals surface area contributed by atoms with E-state index in [1.807, 2.05) is 38.1 Å². The molecule has 2 rings (SSSR count). The average Bonchev–Trinajstić information content (AvgIpc) is 2.44. The highest BCUT2D eigenvalue weighted by Crippen LogP contribution is 2.14. The van der Waals surface area contributed by atoms with E-state index in [9.17, 15) is 4.79 Å². The third-order valence-electron chi connectivity index (χ3n) is 3.15. The van der Waals surface area contributed by atoms with Crippen LogP contribution in [-0.2, 0) is 0 Å². The number of hydrogen-bond donors (Lipinski definition) is 2. The fourth-order valence-corrected chi connectivity index (χ4v) is 1.71. The zero-order valence-corrected chi connectivity index (χ0v) is 11.3. The Kier molecular flexibility index (Phi) is 3.81. The van der Waals surface area contributed by atoms with Gasteiger partial charge in [0.2, 0.25) is 0 Å². The first-order valence-electron chi connectivity index (χ1n) is 6.35. The lowest BCUT2D eigenvalue weighted by Gasteiger charge is -2.22. The number of amides is 1. The molecule has 1 amide bonds. The van der Waals surface area contributed by atoms with Crippen LogP contribution in [0.25, 0.3) is 10.9 Å². The van der Waals surface area contributed by atoms with Gasteiger partial charge in [-0.15, -0.1) is 0 Å². The maximum absolute atomic E-state index is 12.1. The molecule has 1 aromatic carbocycles. The second kappa shape index (κ2) is 5.36. The van der Waals surface area contributed by atoms with Crippen LogP contribution < -0.4 is 11.1 Å². The van der Waals surface area contributed by atoms with Gasteiger partial charge in [-0.3, -0.25) is 9.78 Å². The minimum atomic E-state index is -0.0892. The molecule has 0 bridgehead atoms. The molecule has 4 heteroatoms. The van der Waals surface area contributed by atoms with Gasteiger partial charge in [0.1, 0.15) is 0 Å². The first kappa shape index (κ1) is 13.5. The summed E-state index contributed by atoms with van der Waals surface area (Å²) in [7, 11) is 0. The second-order valence-electron chi connectivity index (χ2n) is 5.46. The molecule has 3 N–H and O–H groups in total. The number of nitrogens with one attached hydrogen (secondary N) is 1. The number of aromatic nitrogens is 1. The molecule has 1 aromatic heterocycles. The maximum atomic E-state index is 12.1. The molecule has 0 fully saturated rings. The highest BCUT2D eigenvalue weighted by atomic mass is 16.1. The second-order valence-corrected chi connectivity index (χ2v) is 5.46. The summed E-state index contributed by atoms with van der Waals surface area (Å²) >= 11 is 0. The Bertz CT molecular complexity index is 593. The Balaban J connectivity index is 2.13. The summed E-state index contributed by atoms with van der Waals surface area (Å²) in [4.78, 5) is 16.3. The van der Waals surface area contributed by atoms with Crippen LogP contribution >= 0.6 is 0 Å². The molecule has 0 atom stereocenters. The zero-order chi connectivity index (χ0) is 13.9. The van der Waals surface area contributed by atoms with Crippen molar-refractivity contribution in [3.8, 4) is 0 Å². The SMILES string of the molecule is CC(C)(CN)CNC(=O)c1ccc2ncccc2c1. The number of pyridine rings is 1. The topological polar surface area (TPSA) is 68.0 Å². The van der Waals surface area contributed by atoms with Gasteiger partial charge in [0.25, 0.3) is 5.91 Å². The fraction of sp³-hybridized carbons (Fsp3) is 0.333. The van der Waals surface area contributed by atoms with Crippen molar-refractivity contribution in [1.82, 2.24) is 10.3 Å². The highest BCUT2D eigenvalue weighted by molar-refractivity contribution is 5.97. The van der Waals surface area contributed by atoms with Crippen molar-refractivity contribution in [2.45, 2.75) is 13.8 Å². The van der Waals surface area contributed by atoms with E-state index in [1.165, 1.54) is 0 Å². The van der Waals surface area contributed by atoms with Gasteiger partial charge in [0, 0.05) is 23.7 Å². The first-order chi connectivity index (χ1) is 9.02. The lowest BCUT2D eigenvalue weighted by atomic mass is 9.94. The predicted molar refractivity (Wildman–Crippen MR) is 76.9 cm³/mol. The van der Waals surface area contributed by atoms with E-state index in [0.29, 0.717) is 18.7 Å². The van der Waals surface area contributed by atoms with Crippen LogP contribution in [0.1, 0.15) is 24.2 Å². The number of nitrogens with zero attached hydrogens (tertiary/aromatic N) is 1. The van der Waals surface area contributed by atoms with Crippen LogP contribution in [0.2, 0.25) is 0 Å². The van der Waals surface area contributed by atoms with Gasteiger partial charge in [-0.05, 0) is 36.2 Å². The van der Waals surface area contributed by atoms with Crippen LogP contribution in [0.4, 0.5) is 0 Å². The van der Waals surface area contributed by atoms with E-state index in [0.717, 1.165) is 10.9 Å². The number of carbonyl (C=O) groups excluding carboxylic acids is 1. The Hall–Kier alpha value is -1.94. The minimum absolute atomic E-state index is 0.0766. The van der Waals surface area contributed by atoms with E-state index in [2.05, 4.69) is 10.3 Å². The van der Waals surface area contributed by atoms with E-state index in [-0.39, 0.29) is 11.3 Å². The van der Waals surface area contributed by atoms with Crippen LogP contribution in [0.5, 0.6) is 0 Å². The highest BCUT2D eigenvalue weighted by Gasteiger charge is 2.17. The summed E-state index contributed by atoms with van der Waals surface area (Å²) in [6.45, 7) is 5.15. The van der Waals surface area contributed by atoms with E-state index >= 15 is 0 Å². The summed E-state index contributed by atoms with van der Waals surface area (Å²) in [5.41, 5.74) is 7.09. The molecule has 1 heterocycles. The molecule has 0 radical (unpaired) electrons. The summed E-state index contributed by atoms with van der Waals surface area (Å²) in [5, 5.41) is 3.88. The van der Waals surface area contributed by atoms with Crippen molar-refractivity contribution >= 4 is 16.8 Å². The van der Waals surface area contributed by atoms with Gasteiger partial charge >= 0.3 is 0 Å². The van der Waals surface area contributed by atoms with Crippen LogP contribution in [0.3, 0.4) is 0 Å². The Morgan fingerprint density at radius 2 is 2.16 bits per heavy atom. The molecule has 0 saturated heterocycles. The summed E-state index contributed by atoms with van der Waals surface area (Å²) in [6, 6.07) is 9.32. The maximum Gasteiger partial charge on any atom is 0.251 e. The molecular formula is C15H19N3O. The number of hydrogen-bond acceptors (Lipinski definition) is 3. The Morgan fingerprint density at radius 3 is 2.89 bits per heavy atom. The van der Waals surface area contributed by atoms with E-state index < -0.39 is 0 Å². The van der Waals surface area contributed by atoms with Gasteiger partial charge in [0.05, 0.1) is 5.52 Å². The smallest absolute Gasteiger partial charge is 0.251 e. The standard InChI is InChI=1S/C15H19N3O/c1-15(2,9-16)10-18-14(19)12-5-6-13-11(8-12)4-3-7-17-13/h3-8H,9-10,16H2,1-2H3,(H,18,19). The predicted octanol–water partition coefficient (Wildman–Crippen LogP) is 1.95. The molecule has 0 aliphatic carbocycles. The number of fused-ring (bicyclic) bond motifs is 1. The number of carbonyl (C=O) groups is 1. The zero-order valence-electron chi connectivity index (χ0n) is 11.3. The molecule has 4 nitrogen and oxygen atoms in total. The van der Waals surface area contributed by atoms with Crippen molar-refractivity contribution in [1.29, 1.82) is 0 Å². The van der Waals surface area contributed by atoms with Gasteiger partial charge < -0.3 is 11.1 Å². The molecule has 0 unspecified atom stereocenters. The van der Waals surface area contributed by atoms with Gasteiger partial charge in [-0.25, -0.2) is 0 Å². The fourth-order valence-electron chi connectivity index (χ4n) is 1.71. The molecule has 0 spiro atoms. The Labute approximate surface area is 113 Å². The van der Waals surface area contributed by atoms with Crippen molar-refractivity contribution < 1.29 is 4.79 Å². The molecule has 2 aromatic rings. The minimum Gasteiger partial charge on any atom is -0.351 e. The van der Waals surface area contributed by atoms with Crippen LogP contribution in [0.15, 0.2) is 36.5 Å². The summed E-state index contributed by atoms with van der Waals surface area (Å²) in [5.74, 6) is -0.0766. The normalized spacial score (nSPS) is 11.5. The van der Waals surface area contributed by atoms with Crippen molar-refractivity contribution in [2.75, 3.05) is 13.1 Å². The molecule has 19 heavy (non-hydrogen) atoms. The van der Waals surface area contributed by atoms with Gasteiger partial charge in [0.15, 0.2) is 0 Å². The lowest BCUT2D eigenvalue weighted by Crippen LogP contribution is -2.38. The lowest BCUT2D eigenvalue weighted by molar-refractivity contribution is 0.0938. The average molecular weight is 257 g/mol. The van der Waals surface area contributed by atoms with Crippen molar-refractivity contribution in [3.63, 3.8) is 0 Å². The molecule has 0 aliphatic heterocycles. The molecular weight excluding hydrogens is 238 g/mol. The monoisotopic (exact) mass is 257 g/mol. The third-order valence-corrected chi connectivity index (χ3v) is 3.15. The van der Waals surface area contributed by atoms with Gasteiger partial charge in [-0.1, -0.05) is 19.9 Å². The first-order valence-corrected chi connectivity index (χ1v) is 6.35. The quantitative estimate of drug-likeness (QED) is 0.879. The largest absolute Gasteiger partial charge is 0.351 e.